The molecule has 3 nitrogen and oxygen atoms in total. The quantitative estimate of drug-likeness (QED) is 0.589. The van der Waals surface area contributed by atoms with Gasteiger partial charge < -0.3 is 10.1 Å². The predicted octanol–water partition coefficient (Wildman–Crippen LogP) is 5.77. The number of anilines is 1. The van der Waals surface area contributed by atoms with E-state index in [9.17, 15) is 4.79 Å². The van der Waals surface area contributed by atoms with Gasteiger partial charge in [0.25, 0.3) is 5.91 Å². The standard InChI is InChI=1S/C22H29NO2/c1-4-6-7-8-16-25-20-14-12-19(13-15-20)22(24)23-21-17(3)10-9-11-18(21)5-2/h9-15H,4-8,16H2,1-3H3,(H,23,24). The third-order valence-corrected chi connectivity index (χ3v) is 4.36. The van der Waals surface area contributed by atoms with E-state index in [4.69, 9.17) is 4.74 Å². The van der Waals surface area contributed by atoms with Crippen LogP contribution in [0.2, 0.25) is 0 Å². The number of amides is 1. The number of aryl methyl sites for hydroxylation is 2. The molecule has 2 aromatic carbocycles. The van der Waals surface area contributed by atoms with Crippen LogP contribution < -0.4 is 10.1 Å². The smallest absolute Gasteiger partial charge is 0.255 e. The fourth-order valence-electron chi connectivity index (χ4n) is 2.81. The highest BCUT2D eigenvalue weighted by Crippen LogP contribution is 2.22. The minimum absolute atomic E-state index is 0.0847. The fraction of sp³-hybridized carbons (Fsp3) is 0.409. The summed E-state index contributed by atoms with van der Waals surface area (Å²) in [7, 11) is 0. The molecule has 0 aliphatic carbocycles. The first-order valence-electron chi connectivity index (χ1n) is 9.28. The first-order valence-corrected chi connectivity index (χ1v) is 9.28. The van der Waals surface area contributed by atoms with Crippen molar-refractivity contribution in [2.75, 3.05) is 11.9 Å². The Hall–Kier alpha value is -2.29. The molecule has 0 bridgehead atoms. The predicted molar refractivity (Wildman–Crippen MR) is 105 cm³/mol. The second-order valence-electron chi connectivity index (χ2n) is 6.35. The molecule has 2 rings (SSSR count). The molecule has 0 saturated heterocycles. The largest absolute Gasteiger partial charge is 0.494 e. The van der Waals surface area contributed by atoms with Crippen molar-refractivity contribution in [1.82, 2.24) is 0 Å². The van der Waals surface area contributed by atoms with Gasteiger partial charge in [-0.1, -0.05) is 51.3 Å². The van der Waals surface area contributed by atoms with E-state index in [-0.39, 0.29) is 5.91 Å². The van der Waals surface area contributed by atoms with Crippen molar-refractivity contribution in [3.8, 4) is 5.75 Å². The lowest BCUT2D eigenvalue weighted by Gasteiger charge is -2.13. The molecule has 2 aromatic rings. The summed E-state index contributed by atoms with van der Waals surface area (Å²) in [5.74, 6) is 0.733. The van der Waals surface area contributed by atoms with Crippen LogP contribution in [-0.4, -0.2) is 12.5 Å². The Morgan fingerprint density at radius 3 is 2.44 bits per heavy atom. The first kappa shape index (κ1) is 19.0. The molecule has 0 saturated carbocycles. The molecule has 0 heterocycles. The van der Waals surface area contributed by atoms with Crippen molar-refractivity contribution in [2.45, 2.75) is 52.9 Å². The zero-order chi connectivity index (χ0) is 18.1. The maximum absolute atomic E-state index is 12.5. The van der Waals surface area contributed by atoms with Crippen LogP contribution in [0, 0.1) is 6.92 Å². The number of ether oxygens (including phenoxy) is 1. The highest BCUT2D eigenvalue weighted by Gasteiger charge is 2.10. The number of para-hydroxylation sites is 1. The lowest BCUT2D eigenvalue weighted by atomic mass is 10.1. The third-order valence-electron chi connectivity index (χ3n) is 4.36. The number of hydrogen-bond acceptors (Lipinski definition) is 2. The van der Waals surface area contributed by atoms with Crippen molar-refractivity contribution in [1.29, 1.82) is 0 Å². The van der Waals surface area contributed by atoms with Gasteiger partial charge in [0.2, 0.25) is 0 Å². The maximum Gasteiger partial charge on any atom is 0.255 e. The molecule has 0 aromatic heterocycles. The Morgan fingerprint density at radius 1 is 1.00 bits per heavy atom. The van der Waals surface area contributed by atoms with Gasteiger partial charge in [0.15, 0.2) is 0 Å². The van der Waals surface area contributed by atoms with E-state index in [2.05, 4.69) is 25.2 Å². The summed E-state index contributed by atoms with van der Waals surface area (Å²) in [6.07, 6.45) is 5.64. The number of carbonyl (C=O) groups is 1. The van der Waals surface area contributed by atoms with Crippen LogP contribution in [0.3, 0.4) is 0 Å². The lowest BCUT2D eigenvalue weighted by molar-refractivity contribution is 0.102. The average molecular weight is 339 g/mol. The van der Waals surface area contributed by atoms with Gasteiger partial charge in [-0.3, -0.25) is 4.79 Å². The van der Waals surface area contributed by atoms with Gasteiger partial charge in [-0.25, -0.2) is 0 Å². The Morgan fingerprint density at radius 2 is 1.76 bits per heavy atom. The van der Waals surface area contributed by atoms with Crippen LogP contribution in [0.15, 0.2) is 42.5 Å². The summed E-state index contributed by atoms with van der Waals surface area (Å²) in [6, 6.07) is 13.5. The van der Waals surface area contributed by atoms with Gasteiger partial charge in [0.1, 0.15) is 5.75 Å². The highest BCUT2D eigenvalue weighted by molar-refractivity contribution is 6.05. The Balaban J connectivity index is 1.94. The Kier molecular flexibility index (Phi) is 7.52. The molecule has 25 heavy (non-hydrogen) atoms. The van der Waals surface area contributed by atoms with Crippen molar-refractivity contribution in [3.63, 3.8) is 0 Å². The molecule has 0 aliphatic rings. The number of unbranched alkanes of at least 4 members (excludes halogenated alkanes) is 3. The van der Waals surface area contributed by atoms with E-state index >= 15 is 0 Å². The summed E-state index contributed by atoms with van der Waals surface area (Å²) in [5, 5.41) is 3.05. The number of hydrogen-bond donors (Lipinski definition) is 1. The van der Waals surface area contributed by atoms with E-state index in [1.54, 1.807) is 0 Å². The van der Waals surface area contributed by atoms with Gasteiger partial charge >= 0.3 is 0 Å². The van der Waals surface area contributed by atoms with Crippen LogP contribution in [0.25, 0.3) is 0 Å². The Labute approximate surface area is 151 Å². The third kappa shape index (κ3) is 5.63. The summed E-state index contributed by atoms with van der Waals surface area (Å²) < 4.78 is 5.73. The number of rotatable bonds is 9. The molecule has 0 aliphatic heterocycles. The SMILES string of the molecule is CCCCCCOc1ccc(C(=O)Nc2c(C)cccc2CC)cc1. The fourth-order valence-corrected chi connectivity index (χ4v) is 2.81. The van der Waals surface area contributed by atoms with Crippen molar-refractivity contribution >= 4 is 11.6 Å². The zero-order valence-electron chi connectivity index (χ0n) is 15.6. The van der Waals surface area contributed by atoms with E-state index in [0.717, 1.165) is 42.0 Å². The second-order valence-corrected chi connectivity index (χ2v) is 6.35. The molecule has 1 N–H and O–H groups in total. The topological polar surface area (TPSA) is 38.3 Å². The molecule has 0 radical (unpaired) electrons. The van der Waals surface area contributed by atoms with Crippen LogP contribution in [0.4, 0.5) is 5.69 Å². The summed E-state index contributed by atoms with van der Waals surface area (Å²) in [5.41, 5.74) is 3.80. The minimum Gasteiger partial charge on any atom is -0.494 e. The molecule has 134 valence electrons. The Bertz CT molecular complexity index is 677. The van der Waals surface area contributed by atoms with Crippen molar-refractivity contribution in [2.24, 2.45) is 0 Å². The molecule has 0 spiro atoms. The van der Waals surface area contributed by atoms with Crippen LogP contribution >= 0.6 is 0 Å². The molecule has 0 unspecified atom stereocenters. The molecule has 0 fully saturated rings. The second kappa shape index (κ2) is 9.87. The minimum atomic E-state index is -0.0847. The van der Waals surface area contributed by atoms with E-state index in [1.807, 2.05) is 43.3 Å². The number of nitrogens with one attached hydrogen (secondary N) is 1. The van der Waals surface area contributed by atoms with Crippen LogP contribution in [0.5, 0.6) is 5.75 Å². The molecule has 1 amide bonds. The summed E-state index contributed by atoms with van der Waals surface area (Å²) in [6.45, 7) is 7.04. The van der Waals surface area contributed by atoms with Crippen molar-refractivity contribution in [3.05, 3.63) is 59.2 Å². The van der Waals surface area contributed by atoms with Gasteiger partial charge in [-0.05, 0) is 55.2 Å². The average Bonchev–Trinajstić information content (AvgIpc) is 2.63. The van der Waals surface area contributed by atoms with E-state index < -0.39 is 0 Å². The van der Waals surface area contributed by atoms with Gasteiger partial charge in [0.05, 0.1) is 6.61 Å². The number of benzene rings is 2. The van der Waals surface area contributed by atoms with Gasteiger partial charge in [-0.2, -0.15) is 0 Å². The monoisotopic (exact) mass is 339 g/mol. The zero-order valence-corrected chi connectivity index (χ0v) is 15.6. The van der Waals surface area contributed by atoms with Gasteiger partial charge in [-0.15, -0.1) is 0 Å². The number of carbonyl (C=O) groups excluding carboxylic acids is 1. The summed E-state index contributed by atoms with van der Waals surface area (Å²) >= 11 is 0. The van der Waals surface area contributed by atoms with Crippen LogP contribution in [0.1, 0.15) is 61.0 Å². The van der Waals surface area contributed by atoms with E-state index in [1.165, 1.54) is 19.3 Å². The highest BCUT2D eigenvalue weighted by atomic mass is 16.5. The first-order chi connectivity index (χ1) is 12.2. The molecule has 0 atom stereocenters. The van der Waals surface area contributed by atoms with Crippen LogP contribution in [-0.2, 0) is 6.42 Å². The van der Waals surface area contributed by atoms with E-state index in [0.29, 0.717) is 5.56 Å². The lowest BCUT2D eigenvalue weighted by Crippen LogP contribution is -2.14. The molecule has 3 heteroatoms. The normalized spacial score (nSPS) is 10.5. The maximum atomic E-state index is 12.5. The van der Waals surface area contributed by atoms with Gasteiger partial charge in [0, 0.05) is 11.3 Å². The molecular weight excluding hydrogens is 310 g/mol. The van der Waals surface area contributed by atoms with Crippen molar-refractivity contribution < 1.29 is 9.53 Å². The molecular formula is C22H29NO2. The summed E-state index contributed by atoms with van der Waals surface area (Å²) in [4.78, 5) is 12.5.